The lowest BCUT2D eigenvalue weighted by molar-refractivity contribution is -0.0539. The van der Waals surface area contributed by atoms with Gasteiger partial charge in [-0.3, -0.25) is 0 Å². The van der Waals surface area contributed by atoms with E-state index in [-0.39, 0.29) is 11.8 Å². The first-order valence-electron chi connectivity index (χ1n) is 8.05. The minimum atomic E-state index is -0.636. The number of hydrogen-bond acceptors (Lipinski definition) is 3. The monoisotopic (exact) mass is 281 g/mol. The highest BCUT2D eigenvalue weighted by Crippen LogP contribution is 2.52. The summed E-state index contributed by atoms with van der Waals surface area (Å²) in [5.41, 5.74) is 0.0162. The summed E-state index contributed by atoms with van der Waals surface area (Å²) in [6.45, 7) is 9.13. The summed E-state index contributed by atoms with van der Waals surface area (Å²) >= 11 is 0. The van der Waals surface area contributed by atoms with E-state index in [0.29, 0.717) is 5.92 Å². The molecule has 2 aliphatic rings. The first kappa shape index (κ1) is 16.0. The maximum atomic E-state index is 10.8. The Kier molecular flexibility index (Phi) is 4.63. The highest BCUT2D eigenvalue weighted by molar-refractivity contribution is 5.10. The molecule has 0 aromatic carbocycles. The van der Waals surface area contributed by atoms with Crippen LogP contribution in [-0.4, -0.2) is 35.0 Å². The summed E-state index contributed by atoms with van der Waals surface area (Å²) in [6.07, 6.45) is 5.56. The standard InChI is InChI=1S/C17H31NO2/c1-12(7-10-18-4)13-5-8-16(2,19)14-6-9-17(3,20)15(14)11-13/h13-15,18-20H,1,5-11H2,2-4H3. The van der Waals surface area contributed by atoms with Crippen molar-refractivity contribution in [1.29, 1.82) is 0 Å². The first-order valence-corrected chi connectivity index (χ1v) is 8.05. The van der Waals surface area contributed by atoms with E-state index in [4.69, 9.17) is 0 Å². The molecule has 0 spiro atoms. The molecule has 5 unspecified atom stereocenters. The molecule has 2 saturated carbocycles. The summed E-state index contributed by atoms with van der Waals surface area (Å²) < 4.78 is 0. The summed E-state index contributed by atoms with van der Waals surface area (Å²) in [6, 6.07) is 0. The zero-order chi connectivity index (χ0) is 15.0. The van der Waals surface area contributed by atoms with E-state index in [1.807, 2.05) is 20.9 Å². The fourth-order valence-corrected chi connectivity index (χ4v) is 4.37. The average Bonchev–Trinajstić information content (AvgIpc) is 2.58. The van der Waals surface area contributed by atoms with Crippen LogP contribution in [0.5, 0.6) is 0 Å². The van der Waals surface area contributed by atoms with Crippen molar-refractivity contribution in [2.24, 2.45) is 17.8 Å². The molecule has 5 atom stereocenters. The molecule has 3 nitrogen and oxygen atoms in total. The van der Waals surface area contributed by atoms with Crippen LogP contribution in [0.25, 0.3) is 0 Å². The van der Waals surface area contributed by atoms with Crippen LogP contribution in [0.3, 0.4) is 0 Å². The second-order valence-electron chi connectivity index (χ2n) is 7.45. The fourth-order valence-electron chi connectivity index (χ4n) is 4.37. The highest BCUT2D eigenvalue weighted by Gasteiger charge is 2.52. The van der Waals surface area contributed by atoms with E-state index >= 15 is 0 Å². The van der Waals surface area contributed by atoms with Crippen molar-refractivity contribution in [3.05, 3.63) is 12.2 Å². The van der Waals surface area contributed by atoms with Crippen LogP contribution in [-0.2, 0) is 0 Å². The molecule has 20 heavy (non-hydrogen) atoms. The van der Waals surface area contributed by atoms with E-state index in [1.54, 1.807) is 0 Å². The minimum Gasteiger partial charge on any atom is -0.390 e. The molecule has 2 rings (SSSR count). The molecular weight excluding hydrogens is 250 g/mol. The Morgan fingerprint density at radius 1 is 1.15 bits per heavy atom. The number of aliphatic hydroxyl groups is 2. The van der Waals surface area contributed by atoms with Crippen molar-refractivity contribution in [3.63, 3.8) is 0 Å². The van der Waals surface area contributed by atoms with Gasteiger partial charge in [0.25, 0.3) is 0 Å². The Morgan fingerprint density at radius 3 is 2.40 bits per heavy atom. The molecule has 0 aromatic heterocycles. The molecule has 2 fully saturated rings. The second-order valence-corrected chi connectivity index (χ2v) is 7.45. The van der Waals surface area contributed by atoms with Crippen LogP contribution in [0.15, 0.2) is 12.2 Å². The molecule has 2 aliphatic carbocycles. The lowest BCUT2D eigenvalue weighted by atomic mass is 9.75. The van der Waals surface area contributed by atoms with E-state index in [2.05, 4.69) is 11.9 Å². The van der Waals surface area contributed by atoms with Gasteiger partial charge in [0.05, 0.1) is 11.2 Å². The van der Waals surface area contributed by atoms with Crippen molar-refractivity contribution < 1.29 is 10.2 Å². The van der Waals surface area contributed by atoms with Gasteiger partial charge in [0, 0.05) is 0 Å². The Labute approximate surface area is 123 Å². The first-order chi connectivity index (χ1) is 9.28. The van der Waals surface area contributed by atoms with E-state index < -0.39 is 11.2 Å². The zero-order valence-electron chi connectivity index (χ0n) is 13.3. The maximum absolute atomic E-state index is 10.8. The van der Waals surface area contributed by atoms with Gasteiger partial charge in [-0.25, -0.2) is 0 Å². The normalized spacial score (nSPS) is 45.0. The fraction of sp³-hybridized carbons (Fsp3) is 0.882. The predicted molar refractivity (Wildman–Crippen MR) is 82.5 cm³/mol. The molecule has 0 aromatic rings. The van der Waals surface area contributed by atoms with Gasteiger partial charge >= 0.3 is 0 Å². The SMILES string of the molecule is C=C(CCNC)C1CCC(C)(O)C2CCC(C)(O)C2C1. The predicted octanol–water partition coefficient (Wildman–Crippen LogP) is 2.48. The lowest BCUT2D eigenvalue weighted by Gasteiger charge is -2.35. The summed E-state index contributed by atoms with van der Waals surface area (Å²) in [7, 11) is 1.96. The van der Waals surface area contributed by atoms with Crippen molar-refractivity contribution in [3.8, 4) is 0 Å². The van der Waals surface area contributed by atoms with Crippen LogP contribution in [0.2, 0.25) is 0 Å². The minimum absolute atomic E-state index is 0.205. The molecule has 3 heteroatoms. The van der Waals surface area contributed by atoms with Crippen LogP contribution < -0.4 is 5.32 Å². The summed E-state index contributed by atoms with van der Waals surface area (Å²) in [5, 5.41) is 24.6. The maximum Gasteiger partial charge on any atom is 0.0651 e. The lowest BCUT2D eigenvalue weighted by Crippen LogP contribution is -2.40. The molecular formula is C17H31NO2. The Bertz CT molecular complexity index is 362. The van der Waals surface area contributed by atoms with Crippen molar-refractivity contribution in [2.45, 2.75) is 63.6 Å². The second kappa shape index (κ2) is 5.78. The summed E-state index contributed by atoms with van der Waals surface area (Å²) in [4.78, 5) is 0. The van der Waals surface area contributed by atoms with E-state index in [1.165, 1.54) is 5.57 Å². The average molecular weight is 281 g/mol. The van der Waals surface area contributed by atoms with Gasteiger partial charge in [-0.1, -0.05) is 12.2 Å². The van der Waals surface area contributed by atoms with Gasteiger partial charge in [0.1, 0.15) is 0 Å². The quantitative estimate of drug-likeness (QED) is 0.694. The van der Waals surface area contributed by atoms with Crippen LogP contribution in [0.4, 0.5) is 0 Å². The van der Waals surface area contributed by atoms with Crippen LogP contribution >= 0.6 is 0 Å². The number of rotatable bonds is 4. The van der Waals surface area contributed by atoms with E-state index in [0.717, 1.165) is 45.1 Å². The zero-order valence-corrected chi connectivity index (χ0v) is 13.3. The Hall–Kier alpha value is -0.380. The number of fused-ring (bicyclic) bond motifs is 1. The van der Waals surface area contributed by atoms with Crippen molar-refractivity contribution in [2.75, 3.05) is 13.6 Å². The molecule has 0 bridgehead atoms. The third-order valence-electron chi connectivity index (χ3n) is 5.86. The van der Waals surface area contributed by atoms with Gasteiger partial charge < -0.3 is 15.5 Å². The topological polar surface area (TPSA) is 52.5 Å². The van der Waals surface area contributed by atoms with E-state index in [9.17, 15) is 10.2 Å². The highest BCUT2D eigenvalue weighted by atomic mass is 16.3. The van der Waals surface area contributed by atoms with Gasteiger partial charge in [-0.15, -0.1) is 0 Å². The molecule has 0 heterocycles. The Morgan fingerprint density at radius 2 is 1.75 bits per heavy atom. The van der Waals surface area contributed by atoms with Gasteiger partial charge in [-0.2, -0.15) is 0 Å². The van der Waals surface area contributed by atoms with Crippen LogP contribution in [0.1, 0.15) is 52.4 Å². The van der Waals surface area contributed by atoms with Crippen LogP contribution in [0, 0.1) is 17.8 Å². The van der Waals surface area contributed by atoms with Crippen molar-refractivity contribution >= 4 is 0 Å². The van der Waals surface area contributed by atoms with Gasteiger partial charge in [0.2, 0.25) is 0 Å². The molecule has 0 saturated heterocycles. The smallest absolute Gasteiger partial charge is 0.0651 e. The molecule has 3 N–H and O–H groups in total. The van der Waals surface area contributed by atoms with Crippen molar-refractivity contribution in [1.82, 2.24) is 5.32 Å². The van der Waals surface area contributed by atoms with Gasteiger partial charge in [0.15, 0.2) is 0 Å². The molecule has 116 valence electrons. The summed E-state index contributed by atoms with van der Waals surface area (Å²) in [5.74, 6) is 0.880. The molecule has 0 amide bonds. The number of nitrogens with one attached hydrogen (secondary N) is 1. The third kappa shape index (κ3) is 3.10. The number of hydrogen-bond donors (Lipinski definition) is 3. The molecule has 0 radical (unpaired) electrons. The van der Waals surface area contributed by atoms with Gasteiger partial charge in [-0.05, 0) is 83.7 Å². The third-order valence-corrected chi connectivity index (χ3v) is 5.86. The molecule has 0 aliphatic heterocycles. The largest absolute Gasteiger partial charge is 0.390 e. The Balaban J connectivity index is 2.14.